The molecule has 1 aromatic rings. The lowest BCUT2D eigenvalue weighted by Crippen LogP contribution is -2.55. The molecule has 0 spiro atoms. The monoisotopic (exact) mass is 281 g/mol. The fraction of sp³-hybridized carbons (Fsp3) is 0.615. The maximum Gasteiger partial charge on any atom is 0.329 e. The molecule has 3 N–H and O–H groups in total. The van der Waals surface area contributed by atoms with Gasteiger partial charge in [-0.3, -0.25) is 0 Å². The highest BCUT2D eigenvalue weighted by atomic mass is 16.4. The third kappa shape index (κ3) is 2.92. The average Bonchev–Trinajstić information content (AvgIpc) is 2.96. The summed E-state index contributed by atoms with van der Waals surface area (Å²) in [5.41, 5.74) is -0.355. The molecule has 2 amide bonds. The van der Waals surface area contributed by atoms with Gasteiger partial charge in [0.25, 0.3) is 0 Å². The third-order valence-corrected chi connectivity index (χ3v) is 3.69. The molecule has 0 unspecified atom stereocenters. The number of aliphatic carboxylic acids is 1. The molecule has 0 radical (unpaired) electrons. The quantitative estimate of drug-likeness (QED) is 0.775. The summed E-state index contributed by atoms with van der Waals surface area (Å²) in [5, 5.41) is 14.4. The number of oxazole rings is 1. The summed E-state index contributed by atoms with van der Waals surface area (Å²) in [6, 6.07) is -0.511. The number of hydrogen-bond donors (Lipinski definition) is 3. The van der Waals surface area contributed by atoms with Gasteiger partial charge in [-0.05, 0) is 26.7 Å². The van der Waals surface area contributed by atoms with Crippen LogP contribution < -0.4 is 10.6 Å². The van der Waals surface area contributed by atoms with Crippen LogP contribution in [0.2, 0.25) is 0 Å². The molecule has 7 heteroatoms. The summed E-state index contributed by atoms with van der Waals surface area (Å²) >= 11 is 0. The number of rotatable bonds is 4. The number of nitrogens with one attached hydrogen (secondary N) is 2. The van der Waals surface area contributed by atoms with Gasteiger partial charge < -0.3 is 20.2 Å². The highest BCUT2D eigenvalue weighted by Gasteiger charge is 2.42. The minimum absolute atomic E-state index is 0.135. The number of amides is 2. The molecular weight excluding hydrogens is 262 g/mol. The molecule has 1 aliphatic carbocycles. The van der Waals surface area contributed by atoms with E-state index in [0.29, 0.717) is 24.5 Å². The van der Waals surface area contributed by atoms with Crippen molar-refractivity contribution in [3.8, 4) is 0 Å². The van der Waals surface area contributed by atoms with Crippen molar-refractivity contribution in [2.24, 2.45) is 0 Å². The molecule has 1 saturated carbocycles. The van der Waals surface area contributed by atoms with Crippen molar-refractivity contribution >= 4 is 12.0 Å². The van der Waals surface area contributed by atoms with E-state index in [4.69, 9.17) is 4.42 Å². The van der Waals surface area contributed by atoms with Gasteiger partial charge in [-0.2, -0.15) is 0 Å². The standard InChI is InChI=1S/C13H19N3O4/c1-8-9(2)20-10(15-8)7-14-12(19)16-13(11(17)18)5-3-4-6-13/h3-7H2,1-2H3,(H,17,18)(H2,14,16,19). The zero-order chi connectivity index (χ0) is 14.8. The minimum atomic E-state index is -1.13. The van der Waals surface area contributed by atoms with E-state index in [1.807, 2.05) is 6.92 Å². The molecule has 0 saturated heterocycles. The lowest BCUT2D eigenvalue weighted by Gasteiger charge is -2.25. The number of nitrogens with zero attached hydrogens (tertiary/aromatic N) is 1. The van der Waals surface area contributed by atoms with E-state index in [-0.39, 0.29) is 6.54 Å². The van der Waals surface area contributed by atoms with E-state index in [1.54, 1.807) is 6.92 Å². The Kier molecular flexibility index (Phi) is 3.96. The average molecular weight is 281 g/mol. The van der Waals surface area contributed by atoms with Crippen LogP contribution >= 0.6 is 0 Å². The zero-order valence-electron chi connectivity index (χ0n) is 11.7. The van der Waals surface area contributed by atoms with Crippen molar-refractivity contribution in [3.05, 3.63) is 17.3 Å². The van der Waals surface area contributed by atoms with Gasteiger partial charge >= 0.3 is 12.0 Å². The Labute approximate surface area is 116 Å². The largest absolute Gasteiger partial charge is 0.480 e. The lowest BCUT2D eigenvalue weighted by molar-refractivity contribution is -0.144. The summed E-state index contributed by atoms with van der Waals surface area (Å²) in [7, 11) is 0. The molecule has 2 rings (SSSR count). The third-order valence-electron chi connectivity index (χ3n) is 3.69. The molecule has 1 aliphatic rings. The van der Waals surface area contributed by atoms with Gasteiger partial charge in [0.1, 0.15) is 11.3 Å². The van der Waals surface area contributed by atoms with Crippen molar-refractivity contribution in [2.75, 3.05) is 0 Å². The van der Waals surface area contributed by atoms with Crippen LogP contribution in [0.4, 0.5) is 4.79 Å². The number of hydrogen-bond acceptors (Lipinski definition) is 4. The zero-order valence-corrected chi connectivity index (χ0v) is 11.7. The van der Waals surface area contributed by atoms with Gasteiger partial charge in [-0.15, -0.1) is 0 Å². The fourth-order valence-corrected chi connectivity index (χ4v) is 2.40. The number of aromatic nitrogens is 1. The molecular formula is C13H19N3O4. The van der Waals surface area contributed by atoms with Gasteiger partial charge in [-0.25, -0.2) is 14.6 Å². The van der Waals surface area contributed by atoms with E-state index >= 15 is 0 Å². The summed E-state index contributed by atoms with van der Waals surface area (Å²) in [4.78, 5) is 27.3. The Balaban J connectivity index is 1.90. The first-order chi connectivity index (χ1) is 9.43. The van der Waals surface area contributed by atoms with Crippen LogP contribution in [0.5, 0.6) is 0 Å². The van der Waals surface area contributed by atoms with Crippen LogP contribution in [-0.4, -0.2) is 27.6 Å². The predicted octanol–water partition coefficient (Wildman–Crippen LogP) is 1.49. The predicted molar refractivity (Wildman–Crippen MR) is 70.2 cm³/mol. The number of carboxylic acids is 1. The first-order valence-electron chi connectivity index (χ1n) is 6.65. The number of carbonyl (C=O) groups excluding carboxylic acids is 1. The molecule has 0 aliphatic heterocycles. The minimum Gasteiger partial charge on any atom is -0.480 e. The molecule has 1 fully saturated rings. The number of urea groups is 1. The molecule has 0 aromatic carbocycles. The molecule has 0 bridgehead atoms. The van der Waals surface area contributed by atoms with Gasteiger partial charge in [-0.1, -0.05) is 12.8 Å². The second-order valence-electron chi connectivity index (χ2n) is 5.15. The van der Waals surface area contributed by atoms with Gasteiger partial charge in [0.15, 0.2) is 0 Å². The molecule has 20 heavy (non-hydrogen) atoms. The lowest BCUT2D eigenvalue weighted by atomic mass is 9.98. The normalized spacial score (nSPS) is 16.9. The number of carboxylic acid groups (broad SMARTS) is 1. The smallest absolute Gasteiger partial charge is 0.329 e. The first kappa shape index (κ1) is 14.4. The van der Waals surface area contributed by atoms with E-state index in [1.165, 1.54) is 0 Å². The van der Waals surface area contributed by atoms with E-state index in [2.05, 4.69) is 15.6 Å². The SMILES string of the molecule is Cc1nc(CNC(=O)NC2(C(=O)O)CCCC2)oc1C. The summed E-state index contributed by atoms with van der Waals surface area (Å²) in [5.74, 6) is 0.138. The molecule has 1 heterocycles. The van der Waals surface area contributed by atoms with E-state index in [0.717, 1.165) is 18.5 Å². The van der Waals surface area contributed by atoms with Crippen molar-refractivity contribution in [1.82, 2.24) is 15.6 Å². The Morgan fingerprint density at radius 1 is 1.35 bits per heavy atom. The summed E-state index contributed by atoms with van der Waals surface area (Å²) in [6.07, 6.45) is 2.55. The van der Waals surface area contributed by atoms with Crippen molar-refractivity contribution in [1.29, 1.82) is 0 Å². The van der Waals surface area contributed by atoms with Crippen LogP contribution in [-0.2, 0) is 11.3 Å². The maximum atomic E-state index is 11.8. The van der Waals surface area contributed by atoms with Crippen LogP contribution in [0, 0.1) is 13.8 Å². The Hall–Kier alpha value is -2.05. The Morgan fingerprint density at radius 2 is 2.00 bits per heavy atom. The molecule has 0 atom stereocenters. The van der Waals surface area contributed by atoms with Crippen molar-refractivity contribution < 1.29 is 19.1 Å². The highest BCUT2D eigenvalue weighted by Crippen LogP contribution is 2.29. The summed E-state index contributed by atoms with van der Waals surface area (Å²) in [6.45, 7) is 3.75. The first-order valence-corrected chi connectivity index (χ1v) is 6.65. The van der Waals surface area contributed by atoms with E-state index < -0.39 is 17.5 Å². The van der Waals surface area contributed by atoms with Gasteiger partial charge in [0.2, 0.25) is 5.89 Å². The molecule has 110 valence electrons. The van der Waals surface area contributed by atoms with Crippen LogP contribution in [0.1, 0.15) is 43.0 Å². The van der Waals surface area contributed by atoms with Crippen molar-refractivity contribution in [2.45, 2.75) is 51.6 Å². The molecule has 7 nitrogen and oxygen atoms in total. The Morgan fingerprint density at radius 3 is 2.50 bits per heavy atom. The second-order valence-corrected chi connectivity index (χ2v) is 5.15. The molecule has 1 aromatic heterocycles. The van der Waals surface area contributed by atoms with Gasteiger partial charge in [0.05, 0.1) is 12.2 Å². The second kappa shape index (κ2) is 5.52. The number of carbonyl (C=O) groups is 2. The highest BCUT2D eigenvalue weighted by molar-refractivity contribution is 5.86. The van der Waals surface area contributed by atoms with E-state index in [9.17, 15) is 14.7 Å². The fourth-order valence-electron chi connectivity index (χ4n) is 2.40. The Bertz CT molecular complexity index is 498. The maximum absolute atomic E-state index is 11.8. The van der Waals surface area contributed by atoms with Crippen LogP contribution in [0.3, 0.4) is 0 Å². The van der Waals surface area contributed by atoms with Crippen LogP contribution in [0.25, 0.3) is 0 Å². The topological polar surface area (TPSA) is 104 Å². The number of aryl methyl sites for hydroxylation is 2. The van der Waals surface area contributed by atoms with Gasteiger partial charge in [0, 0.05) is 0 Å². The van der Waals surface area contributed by atoms with Crippen molar-refractivity contribution in [3.63, 3.8) is 0 Å². The van der Waals surface area contributed by atoms with Crippen LogP contribution in [0.15, 0.2) is 4.42 Å². The summed E-state index contributed by atoms with van der Waals surface area (Å²) < 4.78 is 5.34.